The number of hydrogen-bond acceptors (Lipinski definition) is 5. The Morgan fingerprint density at radius 2 is 2.36 bits per heavy atom. The Labute approximate surface area is 79.6 Å². The van der Waals surface area contributed by atoms with Crippen LogP contribution in [0.1, 0.15) is 16.4 Å². The molecule has 0 spiro atoms. The molecule has 1 heterocycles. The molecule has 0 fully saturated rings. The molecule has 1 aromatic heterocycles. The number of oxazole rings is 1. The molecule has 2 amide bonds. The molecule has 7 heteroatoms. The lowest BCUT2D eigenvalue weighted by Crippen LogP contribution is -2.40. The summed E-state index contributed by atoms with van der Waals surface area (Å²) in [6.45, 7) is 1.42. The van der Waals surface area contributed by atoms with Crippen LogP contribution in [0.15, 0.2) is 10.7 Å². The predicted octanol–water partition coefficient (Wildman–Crippen LogP) is -1.30. The lowest BCUT2D eigenvalue weighted by molar-refractivity contribution is -0.120. The van der Waals surface area contributed by atoms with Gasteiger partial charge in [0.1, 0.15) is 6.26 Å². The molecule has 0 atom stereocenters. The molecule has 0 aliphatic carbocycles. The molecule has 0 saturated heterocycles. The van der Waals surface area contributed by atoms with Crippen molar-refractivity contribution in [3.05, 3.63) is 17.8 Å². The molecule has 14 heavy (non-hydrogen) atoms. The monoisotopic (exact) mass is 198 g/mol. The van der Waals surface area contributed by atoms with E-state index in [4.69, 9.17) is 10.3 Å². The predicted molar refractivity (Wildman–Crippen MR) is 45.9 cm³/mol. The number of nitrogens with two attached hydrogens (primary N) is 1. The van der Waals surface area contributed by atoms with E-state index in [1.807, 2.05) is 5.43 Å². The van der Waals surface area contributed by atoms with Gasteiger partial charge in [0, 0.05) is 6.92 Å². The van der Waals surface area contributed by atoms with Crippen LogP contribution in [-0.2, 0) is 4.79 Å². The van der Waals surface area contributed by atoms with Crippen LogP contribution in [0.2, 0.25) is 0 Å². The number of amides is 2. The van der Waals surface area contributed by atoms with Crippen molar-refractivity contribution in [1.82, 2.24) is 15.7 Å². The molecule has 0 radical (unpaired) electrons. The Bertz CT molecular complexity index is 346. The summed E-state index contributed by atoms with van der Waals surface area (Å²) in [6, 6.07) is 0. The Morgan fingerprint density at radius 1 is 1.64 bits per heavy atom. The third-order valence-electron chi connectivity index (χ3n) is 1.42. The molecule has 0 aliphatic rings. The van der Waals surface area contributed by atoms with Crippen molar-refractivity contribution in [1.29, 1.82) is 0 Å². The summed E-state index contributed by atoms with van der Waals surface area (Å²) in [5, 5.41) is 2.31. The van der Waals surface area contributed by atoms with Gasteiger partial charge in [0.15, 0.2) is 11.6 Å². The Hall–Kier alpha value is -1.89. The molecule has 4 N–H and O–H groups in total. The van der Waals surface area contributed by atoms with Crippen LogP contribution in [0.25, 0.3) is 0 Å². The van der Waals surface area contributed by atoms with Crippen molar-refractivity contribution >= 4 is 11.8 Å². The first-order valence-corrected chi connectivity index (χ1v) is 3.83. The third kappa shape index (κ3) is 2.56. The highest BCUT2D eigenvalue weighted by atomic mass is 16.3. The highest BCUT2D eigenvalue weighted by molar-refractivity contribution is 5.94. The largest absolute Gasteiger partial charge is 0.448 e. The smallest absolute Gasteiger partial charge is 0.273 e. The average Bonchev–Trinajstić information content (AvgIpc) is 2.60. The summed E-state index contributed by atoms with van der Waals surface area (Å²) in [6.07, 6.45) is 1.21. The Balaban J connectivity index is 2.47. The van der Waals surface area contributed by atoms with Crippen molar-refractivity contribution in [2.75, 3.05) is 6.54 Å². The lowest BCUT2D eigenvalue weighted by atomic mass is 10.4. The van der Waals surface area contributed by atoms with Crippen LogP contribution in [0.4, 0.5) is 0 Å². The summed E-state index contributed by atoms with van der Waals surface area (Å²) in [5.74, 6) is 4.24. The van der Waals surface area contributed by atoms with Gasteiger partial charge in [-0.2, -0.15) is 0 Å². The van der Waals surface area contributed by atoms with E-state index >= 15 is 0 Å². The van der Waals surface area contributed by atoms with E-state index in [1.54, 1.807) is 6.92 Å². The maximum Gasteiger partial charge on any atom is 0.273 e. The second-order valence-electron chi connectivity index (χ2n) is 2.50. The van der Waals surface area contributed by atoms with Gasteiger partial charge in [0.2, 0.25) is 0 Å². The fourth-order valence-corrected chi connectivity index (χ4v) is 0.770. The summed E-state index contributed by atoms with van der Waals surface area (Å²) in [7, 11) is 0. The molecule has 0 unspecified atom stereocenters. The van der Waals surface area contributed by atoms with E-state index in [2.05, 4.69) is 10.3 Å². The number of carbonyl (C=O) groups excluding carboxylic acids is 2. The standard InChI is InChI=1S/C7H10N4O3/c1-4-10-5(3-14-4)7(13)9-2-6(12)11-8/h3H,2,8H2,1H3,(H,9,13)(H,11,12). The topological polar surface area (TPSA) is 110 Å². The van der Waals surface area contributed by atoms with Crippen molar-refractivity contribution in [3.8, 4) is 0 Å². The number of hydrogen-bond donors (Lipinski definition) is 3. The number of aromatic nitrogens is 1. The van der Waals surface area contributed by atoms with Crippen molar-refractivity contribution in [3.63, 3.8) is 0 Å². The van der Waals surface area contributed by atoms with Gasteiger partial charge in [-0.25, -0.2) is 10.8 Å². The first-order chi connectivity index (χ1) is 6.63. The first-order valence-electron chi connectivity index (χ1n) is 3.83. The number of rotatable bonds is 3. The molecule has 1 aromatic rings. The van der Waals surface area contributed by atoms with Crippen molar-refractivity contribution < 1.29 is 14.0 Å². The van der Waals surface area contributed by atoms with Gasteiger partial charge in [-0.3, -0.25) is 15.0 Å². The first kappa shape index (κ1) is 10.2. The van der Waals surface area contributed by atoms with Gasteiger partial charge in [0.05, 0.1) is 6.54 Å². The molecule has 0 aliphatic heterocycles. The number of hydrazine groups is 1. The maximum absolute atomic E-state index is 11.2. The zero-order chi connectivity index (χ0) is 10.6. The molecule has 0 aromatic carbocycles. The van der Waals surface area contributed by atoms with Crippen molar-refractivity contribution in [2.45, 2.75) is 6.92 Å². The number of aryl methyl sites for hydroxylation is 1. The molecule has 7 nitrogen and oxygen atoms in total. The zero-order valence-corrected chi connectivity index (χ0v) is 7.53. The third-order valence-corrected chi connectivity index (χ3v) is 1.42. The molecule has 0 saturated carbocycles. The fraction of sp³-hybridized carbons (Fsp3) is 0.286. The number of nitrogens with zero attached hydrogens (tertiary/aromatic N) is 1. The van der Waals surface area contributed by atoms with E-state index < -0.39 is 11.8 Å². The van der Waals surface area contributed by atoms with Crippen LogP contribution >= 0.6 is 0 Å². The highest BCUT2D eigenvalue weighted by Crippen LogP contribution is 1.99. The van der Waals surface area contributed by atoms with E-state index in [-0.39, 0.29) is 12.2 Å². The van der Waals surface area contributed by atoms with Crippen LogP contribution in [0.3, 0.4) is 0 Å². The van der Waals surface area contributed by atoms with Gasteiger partial charge < -0.3 is 9.73 Å². The maximum atomic E-state index is 11.2. The molecular formula is C7H10N4O3. The lowest BCUT2D eigenvalue weighted by Gasteiger charge is -2.00. The van der Waals surface area contributed by atoms with Crippen LogP contribution < -0.4 is 16.6 Å². The van der Waals surface area contributed by atoms with Crippen LogP contribution in [0.5, 0.6) is 0 Å². The summed E-state index contributed by atoms with van der Waals surface area (Å²) < 4.78 is 4.82. The van der Waals surface area contributed by atoms with E-state index in [0.29, 0.717) is 5.89 Å². The van der Waals surface area contributed by atoms with Crippen molar-refractivity contribution in [2.24, 2.45) is 5.84 Å². The SMILES string of the molecule is Cc1nc(C(=O)NCC(=O)NN)co1. The molecular weight excluding hydrogens is 188 g/mol. The summed E-state index contributed by atoms with van der Waals surface area (Å²) in [5.41, 5.74) is 2.01. The molecule has 0 bridgehead atoms. The minimum atomic E-state index is -0.487. The number of carbonyl (C=O) groups is 2. The normalized spacial score (nSPS) is 9.57. The number of nitrogens with one attached hydrogen (secondary N) is 2. The van der Waals surface area contributed by atoms with Gasteiger partial charge in [-0.1, -0.05) is 0 Å². The molecule has 1 rings (SSSR count). The fourth-order valence-electron chi connectivity index (χ4n) is 0.770. The van der Waals surface area contributed by atoms with Gasteiger partial charge in [-0.15, -0.1) is 0 Å². The molecule has 76 valence electrons. The van der Waals surface area contributed by atoms with Crippen LogP contribution in [-0.4, -0.2) is 23.3 Å². The van der Waals surface area contributed by atoms with E-state index in [9.17, 15) is 9.59 Å². The Morgan fingerprint density at radius 3 is 2.86 bits per heavy atom. The Kier molecular flexibility index (Phi) is 3.19. The summed E-state index contributed by atoms with van der Waals surface area (Å²) >= 11 is 0. The minimum absolute atomic E-state index is 0.132. The van der Waals surface area contributed by atoms with E-state index in [0.717, 1.165) is 0 Å². The van der Waals surface area contributed by atoms with Gasteiger partial charge in [-0.05, 0) is 0 Å². The van der Waals surface area contributed by atoms with Gasteiger partial charge >= 0.3 is 0 Å². The second-order valence-corrected chi connectivity index (χ2v) is 2.50. The quantitative estimate of drug-likeness (QED) is 0.317. The second kappa shape index (κ2) is 4.38. The summed E-state index contributed by atoms with van der Waals surface area (Å²) in [4.78, 5) is 25.7. The zero-order valence-electron chi connectivity index (χ0n) is 7.53. The van der Waals surface area contributed by atoms with Crippen LogP contribution in [0, 0.1) is 6.92 Å². The minimum Gasteiger partial charge on any atom is -0.448 e. The van der Waals surface area contributed by atoms with E-state index in [1.165, 1.54) is 6.26 Å². The highest BCUT2D eigenvalue weighted by Gasteiger charge is 2.10. The average molecular weight is 198 g/mol. The van der Waals surface area contributed by atoms with Gasteiger partial charge in [0.25, 0.3) is 11.8 Å².